The number of aliphatic imine (C=N–C) groups is 1. The average Bonchev–Trinajstić information content (AvgIpc) is 3.01. The molecule has 0 radical (unpaired) electrons. The molecule has 4 heteroatoms. The van der Waals surface area contributed by atoms with Crippen molar-refractivity contribution < 1.29 is 4.74 Å². The van der Waals surface area contributed by atoms with Crippen molar-refractivity contribution in [1.29, 1.82) is 0 Å². The van der Waals surface area contributed by atoms with E-state index in [4.69, 9.17) is 4.74 Å². The van der Waals surface area contributed by atoms with Gasteiger partial charge in [-0.05, 0) is 30.3 Å². The molecular weight excluding hydrogens is 316 g/mol. The number of nitrogens with one attached hydrogen (secondary N) is 1. The van der Waals surface area contributed by atoms with Gasteiger partial charge >= 0.3 is 0 Å². The third-order valence-corrected chi connectivity index (χ3v) is 3.93. The molecule has 0 bridgehead atoms. The first-order chi connectivity index (χ1) is 9.83. The zero-order valence-corrected chi connectivity index (χ0v) is 12.6. The Morgan fingerprint density at radius 3 is 2.60 bits per heavy atom. The average molecular weight is 331 g/mol. The minimum atomic E-state index is 0.556. The van der Waals surface area contributed by atoms with Crippen LogP contribution in [0.25, 0.3) is 0 Å². The summed E-state index contributed by atoms with van der Waals surface area (Å²) in [5, 5.41) is 3.26. The highest BCUT2D eigenvalue weighted by atomic mass is 79.9. The summed E-state index contributed by atoms with van der Waals surface area (Å²) < 4.78 is 6.87. The highest BCUT2D eigenvalue weighted by Crippen LogP contribution is 2.19. The number of nitrogens with zero attached hydrogens (tertiary/aromatic N) is 1. The molecule has 0 saturated carbocycles. The van der Waals surface area contributed by atoms with Crippen molar-refractivity contribution in [3.8, 4) is 5.75 Å². The van der Waals surface area contributed by atoms with E-state index in [2.05, 4.69) is 32.3 Å². The van der Waals surface area contributed by atoms with E-state index in [0.717, 1.165) is 40.3 Å². The van der Waals surface area contributed by atoms with E-state index < -0.39 is 0 Å². The lowest BCUT2D eigenvalue weighted by Gasteiger charge is -2.09. The van der Waals surface area contributed by atoms with Crippen LogP contribution in [0.2, 0.25) is 0 Å². The quantitative estimate of drug-likeness (QED) is 0.932. The molecule has 0 fully saturated rings. The summed E-state index contributed by atoms with van der Waals surface area (Å²) in [5.74, 6) is 1.84. The maximum Gasteiger partial charge on any atom is 0.128 e. The maximum atomic E-state index is 5.80. The van der Waals surface area contributed by atoms with E-state index in [-0.39, 0.29) is 0 Å². The third kappa shape index (κ3) is 3.02. The molecule has 2 aromatic rings. The maximum absolute atomic E-state index is 5.80. The third-order valence-electron chi connectivity index (χ3n) is 3.15. The summed E-state index contributed by atoms with van der Waals surface area (Å²) in [6, 6.07) is 16.1. The highest BCUT2D eigenvalue weighted by Gasteiger charge is 2.07. The van der Waals surface area contributed by atoms with Gasteiger partial charge in [-0.15, -0.1) is 0 Å². The lowest BCUT2D eigenvalue weighted by molar-refractivity contribution is 0.305. The zero-order chi connectivity index (χ0) is 13.8. The second-order valence-corrected chi connectivity index (χ2v) is 5.42. The fourth-order valence-corrected chi connectivity index (χ4v) is 2.48. The summed E-state index contributed by atoms with van der Waals surface area (Å²) in [4.78, 5) is 4.40. The van der Waals surface area contributed by atoms with Crippen molar-refractivity contribution in [2.45, 2.75) is 6.61 Å². The summed E-state index contributed by atoms with van der Waals surface area (Å²) in [5.41, 5.74) is 2.24. The van der Waals surface area contributed by atoms with Crippen LogP contribution in [0.3, 0.4) is 0 Å². The fraction of sp³-hybridized carbons (Fsp3) is 0.188. The lowest BCUT2D eigenvalue weighted by atomic mass is 10.2. The number of halogens is 1. The van der Waals surface area contributed by atoms with Crippen LogP contribution in [0.1, 0.15) is 11.1 Å². The molecule has 1 aliphatic rings. The van der Waals surface area contributed by atoms with E-state index in [1.54, 1.807) is 0 Å². The first-order valence-corrected chi connectivity index (χ1v) is 7.37. The minimum absolute atomic E-state index is 0.556. The molecule has 3 rings (SSSR count). The zero-order valence-electron chi connectivity index (χ0n) is 11.0. The van der Waals surface area contributed by atoms with Gasteiger partial charge in [0.2, 0.25) is 0 Å². The van der Waals surface area contributed by atoms with E-state index in [1.807, 2.05) is 42.5 Å². The second-order valence-electron chi connectivity index (χ2n) is 4.56. The smallest absolute Gasteiger partial charge is 0.128 e. The molecule has 0 spiro atoms. The van der Waals surface area contributed by atoms with Crippen LogP contribution < -0.4 is 10.1 Å². The van der Waals surface area contributed by atoms with Gasteiger partial charge in [-0.2, -0.15) is 0 Å². The summed E-state index contributed by atoms with van der Waals surface area (Å²) in [6.07, 6.45) is 0. The Labute approximate surface area is 126 Å². The van der Waals surface area contributed by atoms with Gasteiger partial charge in [0, 0.05) is 22.1 Å². The molecule has 2 aromatic carbocycles. The Hall–Kier alpha value is -1.81. The SMILES string of the molecule is Brc1ccccc1COc1ccc(C2=NCCN2)cc1. The first kappa shape index (κ1) is 13.2. The Kier molecular flexibility index (Phi) is 4.02. The van der Waals surface area contributed by atoms with Gasteiger partial charge in [0.1, 0.15) is 18.2 Å². The molecule has 0 aliphatic carbocycles. The van der Waals surface area contributed by atoms with Crippen molar-refractivity contribution in [2.75, 3.05) is 13.1 Å². The second kappa shape index (κ2) is 6.09. The molecule has 0 atom stereocenters. The molecule has 20 heavy (non-hydrogen) atoms. The number of rotatable bonds is 4. The Morgan fingerprint density at radius 2 is 1.90 bits per heavy atom. The molecule has 1 heterocycles. The number of amidine groups is 1. The van der Waals surface area contributed by atoms with Crippen LogP contribution in [-0.4, -0.2) is 18.9 Å². The van der Waals surface area contributed by atoms with Gasteiger partial charge in [0.25, 0.3) is 0 Å². The first-order valence-electron chi connectivity index (χ1n) is 6.58. The van der Waals surface area contributed by atoms with E-state index in [0.29, 0.717) is 6.61 Å². The van der Waals surface area contributed by atoms with Crippen molar-refractivity contribution >= 4 is 21.8 Å². The summed E-state index contributed by atoms with van der Waals surface area (Å²) in [7, 11) is 0. The molecule has 0 aromatic heterocycles. The van der Waals surface area contributed by atoms with Crippen molar-refractivity contribution in [3.63, 3.8) is 0 Å². The molecule has 0 amide bonds. The Bertz CT molecular complexity index is 623. The standard InChI is InChI=1S/C16H15BrN2O/c17-15-4-2-1-3-13(15)11-20-14-7-5-12(6-8-14)16-18-9-10-19-16/h1-8H,9-11H2,(H,18,19). The normalized spacial score (nSPS) is 13.8. The van der Waals surface area contributed by atoms with Gasteiger partial charge in [0.15, 0.2) is 0 Å². The fourth-order valence-electron chi connectivity index (χ4n) is 2.08. The largest absolute Gasteiger partial charge is 0.489 e. The number of ether oxygens (including phenoxy) is 1. The van der Waals surface area contributed by atoms with Crippen LogP contribution in [0.15, 0.2) is 58.0 Å². The van der Waals surface area contributed by atoms with Crippen LogP contribution in [0.4, 0.5) is 0 Å². The predicted molar refractivity (Wildman–Crippen MR) is 84.3 cm³/mol. The lowest BCUT2D eigenvalue weighted by Crippen LogP contribution is -2.19. The molecule has 1 N–H and O–H groups in total. The van der Waals surface area contributed by atoms with Gasteiger partial charge in [-0.3, -0.25) is 4.99 Å². The van der Waals surface area contributed by atoms with Crippen molar-refractivity contribution in [3.05, 3.63) is 64.1 Å². The van der Waals surface area contributed by atoms with E-state index in [1.165, 1.54) is 0 Å². The van der Waals surface area contributed by atoms with Crippen molar-refractivity contribution in [2.24, 2.45) is 4.99 Å². The van der Waals surface area contributed by atoms with E-state index in [9.17, 15) is 0 Å². The van der Waals surface area contributed by atoms with Crippen LogP contribution >= 0.6 is 15.9 Å². The van der Waals surface area contributed by atoms with Gasteiger partial charge < -0.3 is 10.1 Å². The monoisotopic (exact) mass is 330 g/mol. The molecule has 1 aliphatic heterocycles. The van der Waals surface area contributed by atoms with Crippen molar-refractivity contribution in [1.82, 2.24) is 5.32 Å². The number of hydrogen-bond donors (Lipinski definition) is 1. The van der Waals surface area contributed by atoms with E-state index >= 15 is 0 Å². The summed E-state index contributed by atoms with van der Waals surface area (Å²) >= 11 is 3.52. The Morgan fingerprint density at radius 1 is 1.10 bits per heavy atom. The minimum Gasteiger partial charge on any atom is -0.489 e. The molecule has 0 saturated heterocycles. The van der Waals surface area contributed by atoms with Crippen LogP contribution in [-0.2, 0) is 6.61 Å². The molecular formula is C16H15BrN2O. The van der Waals surface area contributed by atoms with Crippen LogP contribution in [0, 0.1) is 0 Å². The number of hydrogen-bond acceptors (Lipinski definition) is 3. The predicted octanol–water partition coefficient (Wildman–Crippen LogP) is 3.38. The number of benzene rings is 2. The van der Waals surface area contributed by atoms with Crippen LogP contribution in [0.5, 0.6) is 5.75 Å². The molecule has 0 unspecified atom stereocenters. The Balaban J connectivity index is 1.65. The van der Waals surface area contributed by atoms with Gasteiger partial charge in [-0.1, -0.05) is 34.1 Å². The molecule has 3 nitrogen and oxygen atoms in total. The molecule has 102 valence electrons. The highest BCUT2D eigenvalue weighted by molar-refractivity contribution is 9.10. The summed E-state index contributed by atoms with van der Waals surface area (Å²) in [6.45, 7) is 2.34. The van der Waals surface area contributed by atoms with Gasteiger partial charge in [0.05, 0.1) is 6.54 Å². The van der Waals surface area contributed by atoms with Gasteiger partial charge in [-0.25, -0.2) is 0 Å². The topological polar surface area (TPSA) is 33.6 Å².